The normalized spacial score (nSPS) is 34.3. The first-order chi connectivity index (χ1) is 6.53. The van der Waals surface area contributed by atoms with Crippen molar-refractivity contribution < 1.29 is 9.90 Å². The first kappa shape index (κ1) is 9.75. The molecule has 14 heavy (non-hydrogen) atoms. The van der Waals surface area contributed by atoms with Gasteiger partial charge in [-0.15, -0.1) is 0 Å². The van der Waals surface area contributed by atoms with E-state index in [1.165, 1.54) is 31.3 Å². The van der Waals surface area contributed by atoms with E-state index in [-0.39, 0.29) is 17.3 Å². The summed E-state index contributed by atoms with van der Waals surface area (Å²) in [5.74, 6) is -0.487. The summed E-state index contributed by atoms with van der Waals surface area (Å²) < 4.78 is 0. The lowest BCUT2D eigenvalue weighted by molar-refractivity contribution is -0.139. The van der Waals surface area contributed by atoms with Crippen LogP contribution in [0.2, 0.25) is 0 Å². The molecule has 0 amide bonds. The van der Waals surface area contributed by atoms with Crippen molar-refractivity contribution in [2.24, 2.45) is 17.3 Å². The van der Waals surface area contributed by atoms with Crippen LogP contribution >= 0.6 is 0 Å². The van der Waals surface area contributed by atoms with Gasteiger partial charge in [0.1, 0.15) is 0 Å². The first-order valence-electron chi connectivity index (χ1n) is 5.46. The lowest BCUT2D eigenvalue weighted by atomic mass is 10.1. The fraction of sp³-hybridized carbons (Fsp3) is 0.750. The molecule has 2 fully saturated rings. The van der Waals surface area contributed by atoms with E-state index in [0.29, 0.717) is 0 Å². The molecular formula is C12H18O2. The molecule has 0 bridgehead atoms. The zero-order chi connectivity index (χ0) is 10.3. The minimum Gasteiger partial charge on any atom is -0.481 e. The van der Waals surface area contributed by atoms with Gasteiger partial charge in [-0.1, -0.05) is 25.5 Å². The molecule has 0 unspecified atom stereocenters. The Balaban J connectivity index is 2.07. The van der Waals surface area contributed by atoms with Crippen LogP contribution in [0.25, 0.3) is 0 Å². The van der Waals surface area contributed by atoms with Crippen molar-refractivity contribution in [3.63, 3.8) is 0 Å². The predicted octanol–water partition coefficient (Wildman–Crippen LogP) is 2.84. The van der Waals surface area contributed by atoms with Crippen LogP contribution in [0.15, 0.2) is 11.6 Å². The van der Waals surface area contributed by atoms with E-state index >= 15 is 0 Å². The highest BCUT2D eigenvalue weighted by molar-refractivity contribution is 5.76. The summed E-state index contributed by atoms with van der Waals surface area (Å²) in [5.41, 5.74) is 1.48. The molecule has 2 saturated carbocycles. The van der Waals surface area contributed by atoms with E-state index in [9.17, 15) is 4.79 Å². The molecule has 0 aromatic carbocycles. The van der Waals surface area contributed by atoms with Crippen molar-refractivity contribution >= 4 is 5.97 Å². The minimum atomic E-state index is -0.630. The van der Waals surface area contributed by atoms with Crippen molar-refractivity contribution in [3.05, 3.63) is 11.6 Å². The van der Waals surface area contributed by atoms with E-state index in [0.717, 1.165) is 0 Å². The molecule has 2 heteroatoms. The molecule has 0 aromatic rings. The van der Waals surface area contributed by atoms with Crippen LogP contribution in [0.1, 0.15) is 39.5 Å². The van der Waals surface area contributed by atoms with Crippen molar-refractivity contribution in [1.29, 1.82) is 0 Å². The van der Waals surface area contributed by atoms with Gasteiger partial charge < -0.3 is 5.11 Å². The smallest absolute Gasteiger partial charge is 0.307 e. The van der Waals surface area contributed by atoms with Crippen LogP contribution in [0.3, 0.4) is 0 Å². The third kappa shape index (κ3) is 1.47. The Hall–Kier alpha value is -0.790. The standard InChI is InChI=1S/C12H18O2/c1-12(2)9(10(12)11(13)14)7-8-5-3-4-6-8/h7,9-10H,3-6H2,1-2H3,(H,13,14)/t9-,10+/m1/s1. The van der Waals surface area contributed by atoms with Crippen molar-refractivity contribution in [1.82, 2.24) is 0 Å². The SMILES string of the molecule is CC1(C)[C@H](C=C2CCCC2)[C@H]1C(=O)O. The second-order valence-electron chi connectivity index (χ2n) is 5.20. The number of aliphatic carboxylic acids is 1. The van der Waals surface area contributed by atoms with Crippen LogP contribution in [-0.4, -0.2) is 11.1 Å². The summed E-state index contributed by atoms with van der Waals surface area (Å²) in [4.78, 5) is 10.9. The molecule has 2 nitrogen and oxygen atoms in total. The van der Waals surface area contributed by atoms with Crippen LogP contribution < -0.4 is 0 Å². The Labute approximate surface area is 85.0 Å². The highest BCUT2D eigenvalue weighted by atomic mass is 16.4. The van der Waals surface area contributed by atoms with E-state index in [2.05, 4.69) is 19.9 Å². The molecule has 0 saturated heterocycles. The number of carboxylic acid groups (broad SMARTS) is 1. The molecule has 0 aromatic heterocycles. The zero-order valence-electron chi connectivity index (χ0n) is 8.92. The monoisotopic (exact) mass is 194 g/mol. The topological polar surface area (TPSA) is 37.3 Å². The zero-order valence-corrected chi connectivity index (χ0v) is 8.92. The van der Waals surface area contributed by atoms with Gasteiger partial charge in [0.25, 0.3) is 0 Å². The lowest BCUT2D eigenvalue weighted by Crippen LogP contribution is -2.03. The number of carbonyl (C=O) groups is 1. The predicted molar refractivity (Wildman–Crippen MR) is 54.9 cm³/mol. The summed E-state index contributed by atoms with van der Waals surface area (Å²) in [7, 11) is 0. The molecule has 0 radical (unpaired) electrons. The van der Waals surface area contributed by atoms with Gasteiger partial charge in [-0.2, -0.15) is 0 Å². The Morgan fingerprint density at radius 3 is 2.43 bits per heavy atom. The molecule has 0 heterocycles. The van der Waals surface area contributed by atoms with Crippen molar-refractivity contribution in [2.75, 3.05) is 0 Å². The first-order valence-corrected chi connectivity index (χ1v) is 5.46. The largest absolute Gasteiger partial charge is 0.481 e. The summed E-state index contributed by atoms with van der Waals surface area (Å²) in [6.07, 6.45) is 7.21. The Morgan fingerprint density at radius 2 is 2.00 bits per heavy atom. The fourth-order valence-corrected chi connectivity index (χ4v) is 2.71. The number of hydrogen-bond donors (Lipinski definition) is 1. The number of allylic oxidation sites excluding steroid dienone is 2. The third-order valence-electron chi connectivity index (χ3n) is 3.84. The van der Waals surface area contributed by atoms with Gasteiger partial charge in [0, 0.05) is 0 Å². The third-order valence-corrected chi connectivity index (χ3v) is 3.84. The van der Waals surface area contributed by atoms with Crippen molar-refractivity contribution in [3.8, 4) is 0 Å². The molecule has 2 aliphatic rings. The maximum Gasteiger partial charge on any atom is 0.307 e. The average molecular weight is 194 g/mol. The van der Waals surface area contributed by atoms with Crippen LogP contribution in [0.4, 0.5) is 0 Å². The quantitative estimate of drug-likeness (QED) is 0.686. The molecule has 1 N–H and O–H groups in total. The van der Waals surface area contributed by atoms with E-state index < -0.39 is 5.97 Å². The average Bonchev–Trinajstić information content (AvgIpc) is 2.50. The minimum absolute atomic E-state index is 0.0125. The Bertz CT molecular complexity index is 281. The van der Waals surface area contributed by atoms with Crippen LogP contribution in [-0.2, 0) is 4.79 Å². The Morgan fingerprint density at radius 1 is 1.43 bits per heavy atom. The summed E-state index contributed by atoms with van der Waals surface area (Å²) in [6.45, 7) is 4.12. The Kier molecular flexibility index (Phi) is 2.17. The number of rotatable bonds is 2. The van der Waals surface area contributed by atoms with Gasteiger partial charge in [-0.25, -0.2) is 0 Å². The molecule has 78 valence electrons. The van der Waals surface area contributed by atoms with E-state index in [1.807, 2.05) is 0 Å². The van der Waals surface area contributed by atoms with Crippen LogP contribution in [0.5, 0.6) is 0 Å². The molecule has 2 rings (SSSR count). The number of hydrogen-bond acceptors (Lipinski definition) is 1. The highest BCUT2D eigenvalue weighted by Crippen LogP contribution is 2.59. The second kappa shape index (κ2) is 3.11. The maximum absolute atomic E-state index is 10.9. The van der Waals surface area contributed by atoms with Gasteiger partial charge in [0.15, 0.2) is 0 Å². The van der Waals surface area contributed by atoms with E-state index in [1.54, 1.807) is 0 Å². The number of carboxylic acids is 1. The summed E-state index contributed by atoms with van der Waals surface area (Å²) >= 11 is 0. The van der Waals surface area contributed by atoms with Gasteiger partial charge in [-0.3, -0.25) is 4.79 Å². The van der Waals surface area contributed by atoms with Gasteiger partial charge in [-0.05, 0) is 37.0 Å². The molecule has 0 spiro atoms. The highest BCUT2D eigenvalue weighted by Gasteiger charge is 2.60. The van der Waals surface area contributed by atoms with Crippen LogP contribution in [0, 0.1) is 17.3 Å². The fourth-order valence-electron chi connectivity index (χ4n) is 2.71. The molecule has 2 atom stereocenters. The maximum atomic E-state index is 10.9. The second-order valence-corrected chi connectivity index (χ2v) is 5.20. The molecular weight excluding hydrogens is 176 g/mol. The lowest BCUT2D eigenvalue weighted by Gasteiger charge is -1.98. The molecule has 2 aliphatic carbocycles. The van der Waals surface area contributed by atoms with Gasteiger partial charge in [0.2, 0.25) is 0 Å². The molecule has 0 aliphatic heterocycles. The van der Waals surface area contributed by atoms with Crippen molar-refractivity contribution in [2.45, 2.75) is 39.5 Å². The summed E-state index contributed by atoms with van der Waals surface area (Å²) in [5, 5.41) is 9.00. The van der Waals surface area contributed by atoms with Gasteiger partial charge in [0.05, 0.1) is 5.92 Å². The van der Waals surface area contributed by atoms with E-state index in [4.69, 9.17) is 5.11 Å². The summed E-state index contributed by atoms with van der Waals surface area (Å²) in [6, 6.07) is 0. The van der Waals surface area contributed by atoms with Gasteiger partial charge >= 0.3 is 5.97 Å².